The van der Waals surface area contributed by atoms with E-state index >= 15 is 0 Å². The number of unbranched alkanes of at least 4 members (excludes halogenated alkanes) is 5. The summed E-state index contributed by atoms with van der Waals surface area (Å²) in [5.41, 5.74) is 4.40. The summed E-state index contributed by atoms with van der Waals surface area (Å²) in [5, 5.41) is 9.32. The number of nitriles is 1. The van der Waals surface area contributed by atoms with E-state index in [1.807, 2.05) is 18.2 Å². The summed E-state index contributed by atoms with van der Waals surface area (Å²) in [6, 6.07) is 18.7. The lowest BCUT2D eigenvalue weighted by Crippen LogP contribution is -1.93. The van der Waals surface area contributed by atoms with E-state index in [2.05, 4.69) is 43.3 Å². The van der Waals surface area contributed by atoms with Crippen LogP contribution in [0.15, 0.2) is 48.5 Å². The summed E-state index contributed by atoms with van der Waals surface area (Å²) in [6.45, 7) is 2.25. The minimum Gasteiger partial charge on any atom is -0.192 e. The van der Waals surface area contributed by atoms with Crippen LogP contribution in [-0.4, -0.2) is 0 Å². The molecular weight excluding hydrogens is 266 g/mol. The SMILES string of the molecule is CCCCCCCCc1ccccc1-c1ccccc1C#N. The zero-order valence-corrected chi connectivity index (χ0v) is 13.5. The number of nitrogens with zero attached hydrogens (tertiary/aromatic N) is 1. The van der Waals surface area contributed by atoms with Gasteiger partial charge in [0.05, 0.1) is 11.6 Å². The molecule has 0 aliphatic rings. The molecule has 0 heterocycles. The predicted molar refractivity (Wildman–Crippen MR) is 93.7 cm³/mol. The van der Waals surface area contributed by atoms with Gasteiger partial charge in [0.15, 0.2) is 0 Å². The zero-order valence-electron chi connectivity index (χ0n) is 13.5. The number of benzene rings is 2. The van der Waals surface area contributed by atoms with Gasteiger partial charge in [-0.3, -0.25) is 0 Å². The highest BCUT2D eigenvalue weighted by Crippen LogP contribution is 2.28. The molecule has 0 bridgehead atoms. The molecule has 0 saturated heterocycles. The Bertz CT molecular complexity index is 622. The van der Waals surface area contributed by atoms with Gasteiger partial charge in [-0.05, 0) is 35.6 Å². The van der Waals surface area contributed by atoms with Crippen LogP contribution in [0.1, 0.15) is 56.6 Å². The van der Waals surface area contributed by atoms with Crippen LogP contribution in [0.2, 0.25) is 0 Å². The Labute approximate surface area is 134 Å². The van der Waals surface area contributed by atoms with Gasteiger partial charge in [0.2, 0.25) is 0 Å². The maximum absolute atomic E-state index is 9.32. The van der Waals surface area contributed by atoms with Crippen molar-refractivity contribution in [2.75, 3.05) is 0 Å². The fourth-order valence-electron chi connectivity index (χ4n) is 2.91. The summed E-state index contributed by atoms with van der Waals surface area (Å²) in [5.74, 6) is 0. The first-order valence-corrected chi connectivity index (χ1v) is 8.44. The Morgan fingerprint density at radius 1 is 0.773 bits per heavy atom. The van der Waals surface area contributed by atoms with Crippen molar-refractivity contribution in [3.63, 3.8) is 0 Å². The fourth-order valence-corrected chi connectivity index (χ4v) is 2.91. The van der Waals surface area contributed by atoms with Gasteiger partial charge in [-0.15, -0.1) is 0 Å². The van der Waals surface area contributed by atoms with Crippen molar-refractivity contribution in [3.05, 3.63) is 59.7 Å². The molecule has 0 amide bonds. The zero-order chi connectivity index (χ0) is 15.6. The first-order chi connectivity index (χ1) is 10.9. The minimum absolute atomic E-state index is 0.762. The molecule has 0 atom stereocenters. The molecule has 0 aliphatic heterocycles. The van der Waals surface area contributed by atoms with Gasteiger partial charge < -0.3 is 0 Å². The number of hydrogen-bond donors (Lipinski definition) is 0. The van der Waals surface area contributed by atoms with Gasteiger partial charge in [-0.2, -0.15) is 5.26 Å². The van der Waals surface area contributed by atoms with Crippen LogP contribution in [0.3, 0.4) is 0 Å². The first-order valence-electron chi connectivity index (χ1n) is 8.44. The maximum atomic E-state index is 9.32. The van der Waals surface area contributed by atoms with Gasteiger partial charge in [-0.1, -0.05) is 81.5 Å². The van der Waals surface area contributed by atoms with Crippen molar-refractivity contribution in [1.29, 1.82) is 5.26 Å². The normalized spacial score (nSPS) is 10.4. The molecule has 1 heteroatoms. The van der Waals surface area contributed by atoms with Crippen LogP contribution in [0, 0.1) is 11.3 Å². The van der Waals surface area contributed by atoms with Crippen molar-refractivity contribution in [1.82, 2.24) is 0 Å². The molecule has 0 aliphatic carbocycles. The largest absolute Gasteiger partial charge is 0.192 e. The van der Waals surface area contributed by atoms with E-state index in [-0.39, 0.29) is 0 Å². The standard InChI is InChI=1S/C21H25N/c1-2-3-4-5-6-7-12-18-13-8-10-15-20(18)21-16-11-9-14-19(21)17-22/h8-11,13-16H,2-7,12H2,1H3. The molecule has 0 radical (unpaired) electrons. The third-order valence-electron chi connectivity index (χ3n) is 4.15. The monoisotopic (exact) mass is 291 g/mol. The molecule has 0 fully saturated rings. The van der Waals surface area contributed by atoms with Gasteiger partial charge >= 0.3 is 0 Å². The summed E-state index contributed by atoms with van der Waals surface area (Å²) in [6.07, 6.45) is 8.98. The maximum Gasteiger partial charge on any atom is 0.0998 e. The van der Waals surface area contributed by atoms with Crippen LogP contribution >= 0.6 is 0 Å². The Morgan fingerprint density at radius 3 is 2.18 bits per heavy atom. The number of rotatable bonds is 8. The summed E-state index contributed by atoms with van der Waals surface area (Å²) >= 11 is 0. The van der Waals surface area contributed by atoms with Crippen molar-refractivity contribution in [2.45, 2.75) is 51.9 Å². The van der Waals surface area contributed by atoms with Gasteiger partial charge in [-0.25, -0.2) is 0 Å². The highest BCUT2D eigenvalue weighted by molar-refractivity contribution is 5.73. The molecular formula is C21H25N. The molecule has 2 aromatic carbocycles. The average Bonchev–Trinajstić information content (AvgIpc) is 2.58. The van der Waals surface area contributed by atoms with Crippen molar-refractivity contribution >= 4 is 0 Å². The molecule has 114 valence electrons. The molecule has 1 nitrogen and oxygen atoms in total. The molecule has 0 N–H and O–H groups in total. The lowest BCUT2D eigenvalue weighted by Gasteiger charge is -2.11. The molecule has 0 spiro atoms. The van der Waals surface area contributed by atoms with E-state index in [1.165, 1.54) is 49.7 Å². The van der Waals surface area contributed by atoms with E-state index < -0.39 is 0 Å². The van der Waals surface area contributed by atoms with E-state index in [0.29, 0.717) is 0 Å². The second-order valence-corrected chi connectivity index (χ2v) is 5.83. The summed E-state index contributed by atoms with van der Waals surface area (Å²) < 4.78 is 0. The van der Waals surface area contributed by atoms with Crippen LogP contribution < -0.4 is 0 Å². The van der Waals surface area contributed by atoms with E-state index in [9.17, 15) is 5.26 Å². The highest BCUT2D eigenvalue weighted by atomic mass is 14.2. The Balaban J connectivity index is 2.06. The van der Waals surface area contributed by atoms with Crippen molar-refractivity contribution < 1.29 is 0 Å². The quantitative estimate of drug-likeness (QED) is 0.537. The van der Waals surface area contributed by atoms with Crippen LogP contribution in [0.4, 0.5) is 0 Å². The van der Waals surface area contributed by atoms with Crippen molar-refractivity contribution in [3.8, 4) is 17.2 Å². The van der Waals surface area contributed by atoms with Gasteiger partial charge in [0.1, 0.15) is 0 Å². The van der Waals surface area contributed by atoms with E-state index in [0.717, 1.165) is 17.5 Å². The predicted octanol–water partition coefficient (Wildman–Crippen LogP) is 6.13. The van der Waals surface area contributed by atoms with Gasteiger partial charge in [0, 0.05) is 0 Å². The Kier molecular flexibility index (Phi) is 6.71. The van der Waals surface area contributed by atoms with Gasteiger partial charge in [0.25, 0.3) is 0 Å². The van der Waals surface area contributed by atoms with Crippen LogP contribution in [0.25, 0.3) is 11.1 Å². The smallest absolute Gasteiger partial charge is 0.0998 e. The number of hydrogen-bond acceptors (Lipinski definition) is 1. The topological polar surface area (TPSA) is 23.8 Å². The first kappa shape index (κ1) is 16.3. The number of aryl methyl sites for hydroxylation is 1. The van der Waals surface area contributed by atoms with Crippen LogP contribution in [-0.2, 0) is 6.42 Å². The Morgan fingerprint density at radius 2 is 1.41 bits per heavy atom. The Hall–Kier alpha value is -2.07. The van der Waals surface area contributed by atoms with Crippen LogP contribution in [0.5, 0.6) is 0 Å². The third-order valence-corrected chi connectivity index (χ3v) is 4.15. The average molecular weight is 291 g/mol. The third kappa shape index (κ3) is 4.46. The van der Waals surface area contributed by atoms with E-state index in [4.69, 9.17) is 0 Å². The van der Waals surface area contributed by atoms with E-state index in [1.54, 1.807) is 0 Å². The molecule has 22 heavy (non-hydrogen) atoms. The molecule has 0 aromatic heterocycles. The fraction of sp³-hybridized carbons (Fsp3) is 0.381. The molecule has 0 unspecified atom stereocenters. The second-order valence-electron chi connectivity index (χ2n) is 5.83. The molecule has 2 aromatic rings. The van der Waals surface area contributed by atoms with Crippen molar-refractivity contribution in [2.24, 2.45) is 0 Å². The second kappa shape index (κ2) is 9.05. The summed E-state index contributed by atoms with van der Waals surface area (Å²) in [4.78, 5) is 0. The summed E-state index contributed by atoms with van der Waals surface area (Å²) in [7, 11) is 0. The lowest BCUT2D eigenvalue weighted by molar-refractivity contribution is 0.608. The highest BCUT2D eigenvalue weighted by Gasteiger charge is 2.08. The molecule has 0 saturated carbocycles. The molecule has 2 rings (SSSR count). The minimum atomic E-state index is 0.762. The lowest BCUT2D eigenvalue weighted by atomic mass is 9.93.